The highest BCUT2D eigenvalue weighted by atomic mass is 35.5. The van der Waals surface area contributed by atoms with Crippen LogP contribution in [0.2, 0.25) is 5.02 Å². The lowest BCUT2D eigenvalue weighted by molar-refractivity contribution is -0.384. The molecule has 136 valence electrons. The standard InChI is InChI=1S/C17H13ClF2N2O4/c18-12-7-6-11(9-13(12)22(24)25)16(23)21-8-2-4-10-3-1-5-14(15(10)21)26-17(19)20/h1,3,5-7,9,17H,2,4,8H2. The number of halogens is 3. The lowest BCUT2D eigenvalue weighted by atomic mass is 10.00. The number of anilines is 1. The first-order valence-corrected chi connectivity index (χ1v) is 8.09. The van der Waals surface area contributed by atoms with Crippen LogP contribution in [0.4, 0.5) is 20.2 Å². The zero-order valence-electron chi connectivity index (χ0n) is 13.3. The molecule has 0 bridgehead atoms. The van der Waals surface area contributed by atoms with Crippen molar-refractivity contribution in [1.29, 1.82) is 0 Å². The van der Waals surface area contributed by atoms with Gasteiger partial charge in [0, 0.05) is 18.2 Å². The van der Waals surface area contributed by atoms with Gasteiger partial charge in [0.2, 0.25) is 0 Å². The van der Waals surface area contributed by atoms with Crippen molar-refractivity contribution in [2.75, 3.05) is 11.4 Å². The van der Waals surface area contributed by atoms with E-state index < -0.39 is 23.1 Å². The largest absolute Gasteiger partial charge is 0.433 e. The Morgan fingerprint density at radius 3 is 2.77 bits per heavy atom. The Morgan fingerprint density at radius 1 is 1.31 bits per heavy atom. The molecule has 1 amide bonds. The summed E-state index contributed by atoms with van der Waals surface area (Å²) in [6.07, 6.45) is 1.24. The van der Waals surface area contributed by atoms with Crippen LogP contribution < -0.4 is 9.64 Å². The Labute approximate surface area is 152 Å². The Morgan fingerprint density at radius 2 is 2.08 bits per heavy atom. The minimum atomic E-state index is -3.03. The lowest BCUT2D eigenvalue weighted by Crippen LogP contribution is -2.36. The van der Waals surface area contributed by atoms with Crippen LogP contribution in [0.25, 0.3) is 0 Å². The predicted molar refractivity (Wildman–Crippen MR) is 91.2 cm³/mol. The van der Waals surface area contributed by atoms with Gasteiger partial charge in [-0.15, -0.1) is 0 Å². The van der Waals surface area contributed by atoms with Crippen molar-refractivity contribution in [3.05, 3.63) is 62.7 Å². The minimum Gasteiger partial charge on any atom is -0.433 e. The van der Waals surface area contributed by atoms with Crippen molar-refractivity contribution < 1.29 is 23.2 Å². The smallest absolute Gasteiger partial charge is 0.387 e. The molecule has 0 N–H and O–H groups in total. The van der Waals surface area contributed by atoms with Crippen molar-refractivity contribution >= 4 is 28.9 Å². The number of rotatable bonds is 4. The van der Waals surface area contributed by atoms with E-state index in [2.05, 4.69) is 4.74 Å². The topological polar surface area (TPSA) is 72.7 Å². The number of nitrogens with zero attached hydrogens (tertiary/aromatic N) is 2. The first kappa shape index (κ1) is 18.1. The van der Waals surface area contributed by atoms with Gasteiger partial charge in [-0.05, 0) is 36.6 Å². The molecule has 0 atom stereocenters. The van der Waals surface area contributed by atoms with Gasteiger partial charge in [-0.3, -0.25) is 14.9 Å². The van der Waals surface area contributed by atoms with E-state index in [-0.39, 0.29) is 28.6 Å². The summed E-state index contributed by atoms with van der Waals surface area (Å²) in [5.41, 5.74) is 0.612. The number of alkyl halides is 2. The van der Waals surface area contributed by atoms with Crippen molar-refractivity contribution in [2.24, 2.45) is 0 Å². The third kappa shape index (κ3) is 3.45. The number of para-hydroxylation sites is 1. The average Bonchev–Trinajstić information content (AvgIpc) is 2.60. The van der Waals surface area contributed by atoms with E-state index in [0.29, 0.717) is 18.4 Å². The van der Waals surface area contributed by atoms with Crippen LogP contribution in [0.1, 0.15) is 22.3 Å². The highest BCUT2D eigenvalue weighted by Gasteiger charge is 2.29. The monoisotopic (exact) mass is 382 g/mol. The van der Waals surface area contributed by atoms with Crippen LogP contribution in [0, 0.1) is 10.1 Å². The van der Waals surface area contributed by atoms with E-state index in [1.807, 2.05) is 0 Å². The molecular formula is C17H13ClF2N2O4. The van der Waals surface area contributed by atoms with Crippen molar-refractivity contribution in [3.63, 3.8) is 0 Å². The summed E-state index contributed by atoms with van der Waals surface area (Å²) >= 11 is 5.78. The minimum absolute atomic E-state index is 0.0424. The molecule has 0 radical (unpaired) electrons. The third-order valence-electron chi connectivity index (χ3n) is 4.03. The summed E-state index contributed by atoms with van der Waals surface area (Å²) in [6.45, 7) is -2.75. The van der Waals surface area contributed by atoms with Gasteiger partial charge in [0.1, 0.15) is 10.8 Å². The zero-order chi connectivity index (χ0) is 18.8. The van der Waals surface area contributed by atoms with Crippen molar-refractivity contribution in [2.45, 2.75) is 19.5 Å². The Kier molecular flexibility index (Phi) is 5.03. The van der Waals surface area contributed by atoms with Crippen LogP contribution in [-0.4, -0.2) is 24.0 Å². The maximum absolute atomic E-state index is 12.9. The number of benzene rings is 2. The average molecular weight is 383 g/mol. The quantitative estimate of drug-likeness (QED) is 0.578. The van der Waals surface area contributed by atoms with Crippen molar-refractivity contribution in [3.8, 4) is 5.75 Å². The van der Waals surface area contributed by atoms with Gasteiger partial charge >= 0.3 is 6.61 Å². The van der Waals surface area contributed by atoms with Gasteiger partial charge in [0.05, 0.1) is 10.6 Å². The molecule has 2 aromatic rings. The zero-order valence-corrected chi connectivity index (χ0v) is 14.1. The number of hydrogen-bond acceptors (Lipinski definition) is 4. The lowest BCUT2D eigenvalue weighted by Gasteiger charge is -2.31. The second kappa shape index (κ2) is 7.25. The molecule has 0 saturated heterocycles. The molecule has 0 fully saturated rings. The van der Waals surface area contributed by atoms with Gasteiger partial charge in [-0.25, -0.2) is 0 Å². The van der Waals surface area contributed by atoms with Crippen LogP contribution in [0.3, 0.4) is 0 Å². The number of fused-ring (bicyclic) bond motifs is 1. The SMILES string of the molecule is O=C(c1ccc(Cl)c([N+](=O)[O-])c1)N1CCCc2cccc(OC(F)F)c21. The fourth-order valence-corrected chi connectivity index (χ4v) is 3.14. The van der Waals surface area contributed by atoms with Crippen LogP contribution in [0.15, 0.2) is 36.4 Å². The molecule has 2 aromatic carbocycles. The summed E-state index contributed by atoms with van der Waals surface area (Å²) in [5, 5.41) is 10.9. The maximum atomic E-state index is 12.9. The van der Waals surface area contributed by atoms with E-state index in [0.717, 1.165) is 6.07 Å². The molecule has 1 aliphatic heterocycles. The van der Waals surface area contributed by atoms with Crippen LogP contribution in [-0.2, 0) is 6.42 Å². The van der Waals surface area contributed by atoms with Gasteiger partial charge in [0.15, 0.2) is 0 Å². The molecule has 0 unspecified atom stereocenters. The number of nitro groups is 1. The molecule has 9 heteroatoms. The summed E-state index contributed by atoms with van der Waals surface area (Å²) in [4.78, 5) is 24.6. The summed E-state index contributed by atoms with van der Waals surface area (Å²) in [7, 11) is 0. The summed E-state index contributed by atoms with van der Waals surface area (Å²) in [5.74, 6) is -0.648. The van der Waals surface area contributed by atoms with E-state index >= 15 is 0 Å². The summed E-state index contributed by atoms with van der Waals surface area (Å²) < 4.78 is 30.0. The van der Waals surface area contributed by atoms with E-state index in [1.165, 1.54) is 23.1 Å². The second-order valence-electron chi connectivity index (χ2n) is 5.63. The Balaban J connectivity index is 2.03. The van der Waals surface area contributed by atoms with E-state index in [1.54, 1.807) is 12.1 Å². The molecule has 0 spiro atoms. The summed E-state index contributed by atoms with van der Waals surface area (Å²) in [6, 6.07) is 8.38. The van der Waals surface area contributed by atoms with E-state index in [4.69, 9.17) is 11.6 Å². The molecule has 3 rings (SSSR count). The first-order chi connectivity index (χ1) is 12.4. The van der Waals surface area contributed by atoms with Gasteiger partial charge in [-0.2, -0.15) is 8.78 Å². The normalized spacial score (nSPS) is 13.5. The van der Waals surface area contributed by atoms with Crippen LogP contribution >= 0.6 is 11.6 Å². The fourth-order valence-electron chi connectivity index (χ4n) is 2.95. The van der Waals surface area contributed by atoms with E-state index in [9.17, 15) is 23.7 Å². The van der Waals surface area contributed by atoms with Crippen molar-refractivity contribution in [1.82, 2.24) is 0 Å². The second-order valence-corrected chi connectivity index (χ2v) is 6.03. The molecule has 0 saturated carbocycles. The van der Waals surface area contributed by atoms with Gasteiger partial charge < -0.3 is 9.64 Å². The third-order valence-corrected chi connectivity index (χ3v) is 4.35. The molecule has 26 heavy (non-hydrogen) atoms. The molecule has 1 heterocycles. The van der Waals surface area contributed by atoms with Gasteiger partial charge in [-0.1, -0.05) is 23.7 Å². The Hall–Kier alpha value is -2.74. The Bertz CT molecular complexity index is 876. The predicted octanol–water partition coefficient (Wildman–Crippen LogP) is 4.44. The number of aryl methyl sites for hydroxylation is 1. The number of nitro benzene ring substituents is 1. The van der Waals surface area contributed by atoms with Crippen LogP contribution in [0.5, 0.6) is 5.75 Å². The molecule has 6 nitrogen and oxygen atoms in total. The molecule has 0 aliphatic carbocycles. The highest BCUT2D eigenvalue weighted by molar-refractivity contribution is 6.32. The fraction of sp³-hybridized carbons (Fsp3) is 0.235. The highest BCUT2D eigenvalue weighted by Crippen LogP contribution is 2.38. The first-order valence-electron chi connectivity index (χ1n) is 7.71. The maximum Gasteiger partial charge on any atom is 0.387 e. The number of hydrogen-bond donors (Lipinski definition) is 0. The molecule has 0 aromatic heterocycles. The number of carbonyl (C=O) groups excluding carboxylic acids is 1. The molecule has 1 aliphatic rings. The molecular weight excluding hydrogens is 370 g/mol. The number of ether oxygens (including phenoxy) is 1. The van der Waals surface area contributed by atoms with Gasteiger partial charge in [0.25, 0.3) is 11.6 Å². The number of amides is 1. The number of carbonyl (C=O) groups is 1.